The van der Waals surface area contributed by atoms with Crippen LogP contribution in [0.1, 0.15) is 0 Å². The molecule has 64 valence electrons. The molecule has 1 aliphatic rings. The van der Waals surface area contributed by atoms with Gasteiger partial charge in [-0.05, 0) is 21.6 Å². The van der Waals surface area contributed by atoms with Gasteiger partial charge in [0.1, 0.15) is 9.98 Å². The first-order valence-electron chi connectivity index (χ1n) is 2.71. The molecule has 4 N–H and O–H groups in total. The van der Waals surface area contributed by atoms with Crippen molar-refractivity contribution in [2.45, 2.75) is 0 Å². The molecule has 0 saturated heterocycles. The highest BCUT2D eigenvalue weighted by Crippen LogP contribution is 2.28. The summed E-state index contributed by atoms with van der Waals surface area (Å²) < 4.78 is 0. The Hall–Kier alpha value is -0.180. The van der Waals surface area contributed by atoms with E-state index in [1.54, 1.807) is 0 Å². The first-order chi connectivity index (χ1) is 5.61. The number of hydrogen-bond donors (Lipinski definition) is 2. The minimum Gasteiger partial charge on any atom is -0.388 e. The molecular weight excluding hydrogens is 232 g/mol. The van der Waals surface area contributed by atoms with Crippen molar-refractivity contribution in [3.8, 4) is 0 Å². The van der Waals surface area contributed by atoms with Crippen molar-refractivity contribution in [3.63, 3.8) is 0 Å². The zero-order chi connectivity index (χ0) is 9.14. The third-order valence-corrected chi connectivity index (χ3v) is 3.70. The summed E-state index contributed by atoms with van der Waals surface area (Å²) in [6.45, 7) is 0. The van der Waals surface area contributed by atoms with Gasteiger partial charge >= 0.3 is 0 Å². The Morgan fingerprint density at radius 1 is 1.00 bits per heavy atom. The number of nitrogens with zero attached hydrogens (tertiary/aromatic N) is 2. The fourth-order valence-electron chi connectivity index (χ4n) is 0.384. The molecule has 1 aliphatic heterocycles. The van der Waals surface area contributed by atoms with Gasteiger partial charge in [-0.3, -0.25) is 0 Å². The van der Waals surface area contributed by atoms with Crippen LogP contribution in [0.2, 0.25) is 0 Å². The fraction of sp³-hybridized carbons (Fsp3) is 0. The zero-order valence-electron chi connectivity index (χ0n) is 5.68. The van der Waals surface area contributed by atoms with Gasteiger partial charge < -0.3 is 11.5 Å². The van der Waals surface area contributed by atoms with Crippen LogP contribution in [0.25, 0.3) is 0 Å². The Morgan fingerprint density at radius 3 is 1.50 bits per heavy atom. The number of nitrogens with two attached hydrogens (primary N) is 2. The Kier molecular flexibility index (Phi) is 3.44. The van der Waals surface area contributed by atoms with Crippen molar-refractivity contribution in [1.29, 1.82) is 0 Å². The molecule has 0 aliphatic carbocycles. The molecule has 0 amide bonds. The summed E-state index contributed by atoms with van der Waals surface area (Å²) in [5.41, 5.74) is 10.6. The van der Waals surface area contributed by atoms with Crippen LogP contribution in [-0.4, -0.2) is 20.1 Å². The van der Waals surface area contributed by atoms with Crippen molar-refractivity contribution in [1.82, 2.24) is 0 Å². The second-order valence-corrected chi connectivity index (χ2v) is 4.69. The van der Waals surface area contributed by atoms with Crippen LogP contribution in [0.5, 0.6) is 0 Å². The number of thiocarbonyl (C=S) groups is 2. The van der Waals surface area contributed by atoms with E-state index in [4.69, 9.17) is 35.9 Å². The third-order valence-electron chi connectivity index (χ3n) is 0.853. The lowest BCUT2D eigenvalue weighted by Gasteiger charge is -2.07. The predicted octanol–water partition coefficient (Wildman–Crippen LogP) is 0.666. The van der Waals surface area contributed by atoms with Gasteiger partial charge in [0.05, 0.1) is 0 Å². The van der Waals surface area contributed by atoms with E-state index in [1.165, 1.54) is 21.6 Å². The molecule has 0 saturated carbocycles. The van der Waals surface area contributed by atoms with Crippen molar-refractivity contribution < 1.29 is 0 Å². The van der Waals surface area contributed by atoms with Crippen LogP contribution < -0.4 is 11.5 Å². The Bertz CT molecular complexity index is 263. The minimum atomic E-state index is 0.234. The van der Waals surface area contributed by atoms with Gasteiger partial charge in [-0.1, -0.05) is 24.4 Å². The highest BCUT2D eigenvalue weighted by Gasteiger charge is 2.14. The number of rotatable bonds is 2. The minimum absolute atomic E-state index is 0.234. The molecule has 0 bridgehead atoms. The molecule has 0 aromatic carbocycles. The SMILES string of the molecule is NC(=S)C1=NN=C(C(N)=S)SS1. The Morgan fingerprint density at radius 2 is 1.33 bits per heavy atom. The van der Waals surface area contributed by atoms with E-state index in [2.05, 4.69) is 10.2 Å². The lowest BCUT2D eigenvalue weighted by Crippen LogP contribution is -2.22. The second-order valence-electron chi connectivity index (χ2n) is 1.71. The fourth-order valence-corrected chi connectivity index (χ4v) is 2.71. The van der Waals surface area contributed by atoms with E-state index in [-0.39, 0.29) is 9.98 Å². The molecule has 8 heteroatoms. The van der Waals surface area contributed by atoms with Gasteiger partial charge in [-0.2, -0.15) is 0 Å². The van der Waals surface area contributed by atoms with E-state index in [0.717, 1.165) is 0 Å². The Balaban J connectivity index is 2.80. The maximum absolute atomic E-state index is 5.32. The molecule has 4 nitrogen and oxygen atoms in total. The van der Waals surface area contributed by atoms with Gasteiger partial charge in [0.15, 0.2) is 10.1 Å². The zero-order valence-corrected chi connectivity index (χ0v) is 8.95. The van der Waals surface area contributed by atoms with Crippen LogP contribution in [0, 0.1) is 0 Å². The van der Waals surface area contributed by atoms with Crippen LogP contribution in [0.15, 0.2) is 10.2 Å². The van der Waals surface area contributed by atoms with Gasteiger partial charge in [-0.25, -0.2) is 0 Å². The molecule has 0 unspecified atom stereocenters. The first kappa shape index (κ1) is 9.90. The summed E-state index contributed by atoms with van der Waals surface area (Å²) >= 11 is 9.40. The summed E-state index contributed by atoms with van der Waals surface area (Å²) in [6.07, 6.45) is 0. The molecule has 0 spiro atoms. The molecule has 0 radical (unpaired) electrons. The van der Waals surface area contributed by atoms with Crippen LogP contribution in [0.3, 0.4) is 0 Å². The first-order valence-corrected chi connectivity index (χ1v) is 5.67. The smallest absolute Gasteiger partial charge is 0.164 e. The number of hydrogen-bond acceptors (Lipinski definition) is 6. The summed E-state index contributed by atoms with van der Waals surface area (Å²) in [5.74, 6) is 0. The van der Waals surface area contributed by atoms with Crippen LogP contribution in [0.4, 0.5) is 0 Å². The third kappa shape index (κ3) is 2.41. The van der Waals surface area contributed by atoms with Crippen LogP contribution >= 0.6 is 46.0 Å². The van der Waals surface area contributed by atoms with E-state index in [0.29, 0.717) is 10.1 Å². The molecule has 0 aromatic rings. The van der Waals surface area contributed by atoms with Crippen LogP contribution in [-0.2, 0) is 0 Å². The van der Waals surface area contributed by atoms with Crippen molar-refractivity contribution in [3.05, 3.63) is 0 Å². The van der Waals surface area contributed by atoms with Gasteiger partial charge in [-0.15, -0.1) is 10.2 Å². The van der Waals surface area contributed by atoms with E-state index in [1.807, 2.05) is 0 Å². The lowest BCUT2D eigenvalue weighted by atomic mass is 10.7. The van der Waals surface area contributed by atoms with E-state index < -0.39 is 0 Å². The standard InChI is InChI=1S/C4H4N4S4/c5-1(9)3-7-8-4(2(6)10)12-11-3/h(H2,5,9)(H2,6,10). The maximum Gasteiger partial charge on any atom is 0.164 e. The summed E-state index contributed by atoms with van der Waals surface area (Å²) in [6, 6.07) is 0. The molecule has 0 fully saturated rings. The summed E-state index contributed by atoms with van der Waals surface area (Å²) in [5, 5.41) is 8.54. The average Bonchev–Trinajstić information content (AvgIpc) is 2.04. The van der Waals surface area contributed by atoms with E-state index >= 15 is 0 Å². The largest absolute Gasteiger partial charge is 0.388 e. The highest BCUT2D eigenvalue weighted by molar-refractivity contribution is 8.88. The molecule has 1 heterocycles. The lowest BCUT2D eigenvalue weighted by molar-refractivity contribution is 1.27. The quantitative estimate of drug-likeness (QED) is 0.542. The molecule has 1 rings (SSSR count). The molecule has 0 atom stereocenters. The van der Waals surface area contributed by atoms with Crippen molar-refractivity contribution >= 4 is 66.1 Å². The molecule has 12 heavy (non-hydrogen) atoms. The van der Waals surface area contributed by atoms with Crippen molar-refractivity contribution in [2.24, 2.45) is 21.7 Å². The summed E-state index contributed by atoms with van der Waals surface area (Å²) in [4.78, 5) is 0.469. The molecular formula is C4H4N4S4. The van der Waals surface area contributed by atoms with Gasteiger partial charge in [0, 0.05) is 0 Å². The van der Waals surface area contributed by atoms with E-state index in [9.17, 15) is 0 Å². The second kappa shape index (κ2) is 4.17. The Labute approximate surface area is 87.6 Å². The maximum atomic E-state index is 5.32. The molecule has 0 aromatic heterocycles. The van der Waals surface area contributed by atoms with Gasteiger partial charge in [0.25, 0.3) is 0 Å². The van der Waals surface area contributed by atoms with Gasteiger partial charge in [0.2, 0.25) is 0 Å². The normalized spacial score (nSPS) is 16.3. The average molecular weight is 236 g/mol. The topological polar surface area (TPSA) is 76.8 Å². The van der Waals surface area contributed by atoms with Crippen molar-refractivity contribution in [2.75, 3.05) is 0 Å². The monoisotopic (exact) mass is 236 g/mol. The summed E-state index contributed by atoms with van der Waals surface area (Å²) in [7, 11) is 2.62. The highest BCUT2D eigenvalue weighted by atomic mass is 33.1. The predicted molar refractivity (Wildman–Crippen MR) is 63.6 cm³/mol.